The van der Waals surface area contributed by atoms with Crippen molar-refractivity contribution in [3.8, 4) is 0 Å². The molecule has 18 heavy (non-hydrogen) atoms. The summed E-state index contributed by atoms with van der Waals surface area (Å²) in [6, 6.07) is 0. The Labute approximate surface area is 113 Å². The van der Waals surface area contributed by atoms with E-state index in [1.54, 1.807) is 23.6 Å². The van der Waals surface area contributed by atoms with Crippen LogP contribution in [0.2, 0.25) is 0 Å². The van der Waals surface area contributed by atoms with Crippen LogP contribution in [0.15, 0.2) is 0 Å². The first-order valence-corrected chi connectivity index (χ1v) is 7.24. The third-order valence-electron chi connectivity index (χ3n) is 2.75. The molecule has 1 aliphatic rings. The molecule has 0 bridgehead atoms. The summed E-state index contributed by atoms with van der Waals surface area (Å²) in [4.78, 5) is 26.7. The van der Waals surface area contributed by atoms with E-state index in [9.17, 15) is 14.7 Å². The van der Waals surface area contributed by atoms with Crippen LogP contribution in [-0.2, 0) is 4.79 Å². The van der Waals surface area contributed by atoms with Gasteiger partial charge in [0.2, 0.25) is 5.91 Å². The van der Waals surface area contributed by atoms with E-state index in [0.717, 1.165) is 12.3 Å². The molecule has 1 N–H and O–H groups in total. The van der Waals surface area contributed by atoms with Crippen LogP contribution in [0.5, 0.6) is 0 Å². The van der Waals surface area contributed by atoms with Gasteiger partial charge in [0, 0.05) is 38.4 Å². The van der Waals surface area contributed by atoms with Gasteiger partial charge in [-0.1, -0.05) is 11.8 Å². The fraction of sp³-hybridized carbons (Fsp3) is 0.833. The van der Waals surface area contributed by atoms with Crippen molar-refractivity contribution in [2.24, 2.45) is 0 Å². The summed E-state index contributed by atoms with van der Waals surface area (Å²) in [6.45, 7) is 7.37. The second-order valence-electron chi connectivity index (χ2n) is 5.07. The van der Waals surface area contributed by atoms with Crippen LogP contribution in [0.25, 0.3) is 0 Å². The van der Waals surface area contributed by atoms with Gasteiger partial charge in [-0.25, -0.2) is 0 Å². The number of hydrogen-bond donors (Lipinski definition) is 1. The third-order valence-corrected chi connectivity index (χ3v) is 3.64. The molecule has 1 fully saturated rings. The summed E-state index contributed by atoms with van der Waals surface area (Å²) in [5.41, 5.74) is -0.884. The first-order valence-electron chi connectivity index (χ1n) is 6.25. The molecule has 0 radical (unpaired) electrons. The monoisotopic (exact) mass is 274 g/mol. The van der Waals surface area contributed by atoms with Gasteiger partial charge in [0.15, 0.2) is 0 Å². The Balaban J connectivity index is 2.40. The predicted octanol–water partition coefficient (Wildman–Crippen LogP) is 1.16. The van der Waals surface area contributed by atoms with Gasteiger partial charge in [-0.2, -0.15) is 0 Å². The number of likely N-dealkylation sites (N-methyl/N-ethyl adjacent to an activating group) is 1. The van der Waals surface area contributed by atoms with E-state index in [0.29, 0.717) is 26.1 Å². The van der Waals surface area contributed by atoms with E-state index in [1.807, 2.05) is 6.92 Å². The van der Waals surface area contributed by atoms with E-state index < -0.39 is 5.60 Å². The maximum atomic E-state index is 12.0. The highest BCUT2D eigenvalue weighted by Gasteiger charge is 2.24. The molecule has 0 aromatic carbocycles. The quantitative estimate of drug-likeness (QED) is 0.789. The highest BCUT2D eigenvalue weighted by atomic mass is 32.2. The van der Waals surface area contributed by atoms with Gasteiger partial charge in [-0.15, -0.1) is 0 Å². The van der Waals surface area contributed by atoms with Gasteiger partial charge in [0.25, 0.3) is 5.24 Å². The number of carbonyl (C=O) groups excluding carboxylic acids is 2. The maximum absolute atomic E-state index is 12.0. The van der Waals surface area contributed by atoms with Crippen molar-refractivity contribution in [2.45, 2.75) is 32.8 Å². The minimum absolute atomic E-state index is 0.00988. The molecule has 0 aliphatic carbocycles. The molecule has 1 rings (SSSR count). The lowest BCUT2D eigenvalue weighted by Gasteiger charge is -2.28. The minimum atomic E-state index is -0.884. The van der Waals surface area contributed by atoms with Crippen LogP contribution < -0.4 is 0 Å². The number of carbonyl (C=O) groups is 2. The van der Waals surface area contributed by atoms with Gasteiger partial charge in [0.1, 0.15) is 0 Å². The van der Waals surface area contributed by atoms with E-state index in [1.165, 1.54) is 11.8 Å². The van der Waals surface area contributed by atoms with Crippen molar-refractivity contribution in [3.05, 3.63) is 0 Å². The molecule has 0 spiro atoms. The molecular weight excluding hydrogens is 252 g/mol. The fourth-order valence-corrected chi connectivity index (χ4v) is 2.71. The van der Waals surface area contributed by atoms with Crippen molar-refractivity contribution in [1.82, 2.24) is 9.80 Å². The Morgan fingerprint density at radius 3 is 2.67 bits per heavy atom. The van der Waals surface area contributed by atoms with E-state index >= 15 is 0 Å². The molecule has 0 saturated carbocycles. The van der Waals surface area contributed by atoms with Gasteiger partial charge in [-0.05, 0) is 20.8 Å². The summed E-state index contributed by atoms with van der Waals surface area (Å²) in [7, 11) is 0. The third kappa shape index (κ3) is 4.86. The molecule has 104 valence electrons. The Kier molecular flexibility index (Phi) is 5.47. The van der Waals surface area contributed by atoms with Crippen molar-refractivity contribution in [2.75, 3.05) is 31.9 Å². The van der Waals surface area contributed by atoms with E-state index in [-0.39, 0.29) is 11.1 Å². The highest BCUT2D eigenvalue weighted by molar-refractivity contribution is 8.13. The van der Waals surface area contributed by atoms with Crippen LogP contribution in [0.1, 0.15) is 27.2 Å². The van der Waals surface area contributed by atoms with Crippen molar-refractivity contribution < 1.29 is 14.7 Å². The average Bonchev–Trinajstić information content (AvgIpc) is 2.67. The molecular formula is C12H22N2O3S. The van der Waals surface area contributed by atoms with Crippen LogP contribution in [-0.4, -0.2) is 63.6 Å². The smallest absolute Gasteiger partial charge is 0.281 e. The molecule has 1 aliphatic heterocycles. The molecule has 0 unspecified atom stereocenters. The van der Waals surface area contributed by atoms with Gasteiger partial charge >= 0.3 is 0 Å². The molecule has 0 atom stereocenters. The zero-order valence-electron chi connectivity index (χ0n) is 11.3. The lowest BCUT2D eigenvalue weighted by atomic mass is 10.1. The molecule has 0 aromatic rings. The first-order chi connectivity index (χ1) is 8.33. The lowest BCUT2D eigenvalue weighted by Crippen LogP contribution is -2.43. The van der Waals surface area contributed by atoms with Gasteiger partial charge in [-0.3, -0.25) is 9.59 Å². The molecule has 0 aromatic heterocycles. The van der Waals surface area contributed by atoms with Crippen LogP contribution in [0, 0.1) is 0 Å². The first kappa shape index (κ1) is 15.3. The second kappa shape index (κ2) is 6.43. The standard InChI is InChI=1S/C12H22N2O3S/c1-4-13(9-12(2,3)17)10(15)5-6-14-7-8-18-11(14)16/h17H,4-9H2,1-3H3. The topological polar surface area (TPSA) is 60.9 Å². The summed E-state index contributed by atoms with van der Waals surface area (Å²) in [6.07, 6.45) is 0.330. The largest absolute Gasteiger partial charge is 0.389 e. The number of aliphatic hydroxyl groups is 1. The molecule has 1 saturated heterocycles. The van der Waals surface area contributed by atoms with Gasteiger partial charge < -0.3 is 14.9 Å². The Morgan fingerprint density at radius 2 is 2.22 bits per heavy atom. The summed E-state index contributed by atoms with van der Waals surface area (Å²) in [5.74, 6) is 0.804. The molecule has 1 heterocycles. The summed E-state index contributed by atoms with van der Waals surface area (Å²) in [5, 5.41) is 9.79. The number of amides is 2. The Bertz CT molecular complexity index is 315. The zero-order valence-corrected chi connectivity index (χ0v) is 12.1. The number of nitrogens with zero attached hydrogens (tertiary/aromatic N) is 2. The normalized spacial score (nSPS) is 16.2. The van der Waals surface area contributed by atoms with Crippen molar-refractivity contribution >= 4 is 22.9 Å². The molecule has 6 heteroatoms. The SMILES string of the molecule is CCN(CC(C)(C)O)C(=O)CCN1CCSC1=O. The van der Waals surface area contributed by atoms with Gasteiger partial charge in [0.05, 0.1) is 5.60 Å². The number of thioether (sulfide) groups is 1. The van der Waals surface area contributed by atoms with Crippen LogP contribution in [0.3, 0.4) is 0 Å². The minimum Gasteiger partial charge on any atom is -0.389 e. The fourth-order valence-electron chi connectivity index (χ4n) is 1.86. The lowest BCUT2D eigenvalue weighted by molar-refractivity contribution is -0.134. The number of rotatable bonds is 6. The molecule has 2 amide bonds. The zero-order chi connectivity index (χ0) is 13.8. The second-order valence-corrected chi connectivity index (χ2v) is 6.12. The van der Waals surface area contributed by atoms with E-state index in [4.69, 9.17) is 0 Å². The van der Waals surface area contributed by atoms with Crippen molar-refractivity contribution in [3.63, 3.8) is 0 Å². The summed E-state index contributed by atoms with van der Waals surface area (Å²) >= 11 is 1.30. The summed E-state index contributed by atoms with van der Waals surface area (Å²) < 4.78 is 0. The highest BCUT2D eigenvalue weighted by Crippen LogP contribution is 2.17. The van der Waals surface area contributed by atoms with E-state index in [2.05, 4.69) is 0 Å². The predicted molar refractivity (Wildman–Crippen MR) is 72.6 cm³/mol. The molecule has 5 nitrogen and oxygen atoms in total. The van der Waals surface area contributed by atoms with Crippen molar-refractivity contribution in [1.29, 1.82) is 0 Å². The Morgan fingerprint density at radius 1 is 1.56 bits per heavy atom. The Hall–Kier alpha value is -0.750. The van der Waals surface area contributed by atoms with Crippen LogP contribution >= 0.6 is 11.8 Å². The van der Waals surface area contributed by atoms with Crippen LogP contribution in [0.4, 0.5) is 4.79 Å². The average molecular weight is 274 g/mol. The maximum Gasteiger partial charge on any atom is 0.281 e. The number of hydrogen-bond acceptors (Lipinski definition) is 4.